The number of benzene rings is 1. The minimum Gasteiger partial charge on any atom is -0.480 e. The summed E-state index contributed by atoms with van der Waals surface area (Å²) < 4.78 is 6.95. The molecule has 1 aromatic rings. The van der Waals surface area contributed by atoms with Crippen molar-refractivity contribution in [3.8, 4) is 5.75 Å². The largest absolute Gasteiger partial charge is 0.480 e. The molecule has 2 N–H and O–H groups in total. The second-order valence-electron chi connectivity index (χ2n) is 5.09. The van der Waals surface area contributed by atoms with Crippen LogP contribution in [0.4, 0.5) is 0 Å². The van der Waals surface area contributed by atoms with Gasteiger partial charge in [-0.05, 0) is 45.4 Å². The Morgan fingerprint density at radius 1 is 1.45 bits per heavy atom. The first kappa shape index (κ1) is 15.3. The molecule has 1 fully saturated rings. The second kappa shape index (κ2) is 7.09. The molecule has 110 valence electrons. The molecule has 2 rings (SSSR count). The normalized spacial score (nSPS) is 20.9. The van der Waals surface area contributed by atoms with E-state index in [-0.39, 0.29) is 11.9 Å². The lowest BCUT2D eigenvalue weighted by Gasteiger charge is -2.21. The van der Waals surface area contributed by atoms with Crippen molar-refractivity contribution in [2.24, 2.45) is 0 Å². The molecule has 1 heterocycles. The van der Waals surface area contributed by atoms with Crippen LogP contribution in [0.1, 0.15) is 37.8 Å². The average molecular weight is 341 g/mol. The van der Waals surface area contributed by atoms with Crippen molar-refractivity contribution in [2.75, 3.05) is 13.6 Å². The van der Waals surface area contributed by atoms with Crippen molar-refractivity contribution in [2.45, 2.75) is 38.3 Å². The van der Waals surface area contributed by atoms with E-state index in [9.17, 15) is 4.79 Å². The maximum atomic E-state index is 12.0. The summed E-state index contributed by atoms with van der Waals surface area (Å²) >= 11 is 3.46. The number of amides is 1. The molecule has 1 aromatic carbocycles. The van der Waals surface area contributed by atoms with Crippen LogP contribution in [0, 0.1) is 0 Å². The zero-order valence-corrected chi connectivity index (χ0v) is 13.5. The van der Waals surface area contributed by atoms with Crippen LogP contribution in [0.2, 0.25) is 0 Å². The summed E-state index contributed by atoms with van der Waals surface area (Å²) in [5, 5.41) is 6.11. The third-order valence-electron chi connectivity index (χ3n) is 3.63. The van der Waals surface area contributed by atoms with E-state index in [0.29, 0.717) is 0 Å². The summed E-state index contributed by atoms with van der Waals surface area (Å²) in [5.74, 6) is 0.758. The molecule has 2 atom stereocenters. The smallest absolute Gasteiger partial charge is 0.261 e. The van der Waals surface area contributed by atoms with Crippen molar-refractivity contribution >= 4 is 21.8 Å². The van der Waals surface area contributed by atoms with Gasteiger partial charge in [-0.3, -0.25) is 4.79 Å². The number of carbonyl (C=O) groups excluding carboxylic acids is 1. The molecule has 2 unspecified atom stereocenters. The van der Waals surface area contributed by atoms with Crippen LogP contribution < -0.4 is 15.4 Å². The zero-order valence-electron chi connectivity index (χ0n) is 11.9. The fraction of sp³-hybridized carbons (Fsp3) is 0.533. The van der Waals surface area contributed by atoms with E-state index in [1.807, 2.05) is 25.2 Å². The maximum absolute atomic E-state index is 12.0. The Morgan fingerprint density at radius 2 is 2.25 bits per heavy atom. The van der Waals surface area contributed by atoms with E-state index in [0.717, 1.165) is 41.6 Å². The Hall–Kier alpha value is -1.07. The van der Waals surface area contributed by atoms with Gasteiger partial charge < -0.3 is 15.4 Å². The number of nitrogens with one attached hydrogen (secondary N) is 2. The average Bonchev–Trinajstić information content (AvgIpc) is 2.64. The van der Waals surface area contributed by atoms with E-state index >= 15 is 0 Å². The Balaban J connectivity index is 2.22. The summed E-state index contributed by atoms with van der Waals surface area (Å²) in [5.41, 5.74) is 1.06. The molecular weight excluding hydrogens is 320 g/mol. The van der Waals surface area contributed by atoms with E-state index in [2.05, 4.69) is 33.5 Å². The summed E-state index contributed by atoms with van der Waals surface area (Å²) in [4.78, 5) is 12.0. The topological polar surface area (TPSA) is 50.4 Å². The first-order chi connectivity index (χ1) is 9.61. The number of hydrogen-bond donors (Lipinski definition) is 2. The fourth-order valence-electron chi connectivity index (χ4n) is 2.30. The number of rotatable bonds is 4. The minimum atomic E-state index is -0.394. The van der Waals surface area contributed by atoms with E-state index in [1.165, 1.54) is 0 Å². The first-order valence-corrected chi connectivity index (χ1v) is 7.82. The Kier molecular flexibility index (Phi) is 5.43. The van der Waals surface area contributed by atoms with Crippen molar-refractivity contribution < 1.29 is 9.53 Å². The lowest BCUT2D eigenvalue weighted by Crippen LogP contribution is -2.36. The molecule has 0 saturated carbocycles. The van der Waals surface area contributed by atoms with Crippen LogP contribution in [0.15, 0.2) is 22.7 Å². The second-order valence-corrected chi connectivity index (χ2v) is 6.00. The third-order valence-corrected chi connectivity index (χ3v) is 4.12. The SMILES string of the molecule is CNC(C)c1ccc(Br)cc1OC1CCCCNC1=O. The van der Waals surface area contributed by atoms with Crippen LogP contribution in [0.3, 0.4) is 0 Å². The van der Waals surface area contributed by atoms with Crippen LogP contribution in [-0.2, 0) is 4.79 Å². The number of ether oxygens (including phenoxy) is 1. The van der Waals surface area contributed by atoms with Crippen LogP contribution in [0.5, 0.6) is 5.75 Å². The molecule has 0 radical (unpaired) electrons. The molecule has 1 amide bonds. The minimum absolute atomic E-state index is 0.00876. The van der Waals surface area contributed by atoms with Gasteiger partial charge in [0.25, 0.3) is 5.91 Å². The summed E-state index contributed by atoms with van der Waals surface area (Å²) in [6, 6.07) is 6.12. The summed E-state index contributed by atoms with van der Waals surface area (Å²) in [6.07, 6.45) is 2.40. The van der Waals surface area contributed by atoms with Gasteiger partial charge in [0.15, 0.2) is 6.10 Å². The maximum Gasteiger partial charge on any atom is 0.261 e. The quantitative estimate of drug-likeness (QED) is 0.885. The molecule has 0 spiro atoms. The third kappa shape index (κ3) is 3.73. The molecule has 0 bridgehead atoms. The van der Waals surface area contributed by atoms with Crippen LogP contribution >= 0.6 is 15.9 Å². The molecular formula is C15H21BrN2O2. The van der Waals surface area contributed by atoms with Gasteiger partial charge in [-0.15, -0.1) is 0 Å². The molecule has 4 nitrogen and oxygen atoms in total. The van der Waals surface area contributed by atoms with Crippen molar-refractivity contribution in [1.29, 1.82) is 0 Å². The highest BCUT2D eigenvalue weighted by Gasteiger charge is 2.24. The highest BCUT2D eigenvalue weighted by atomic mass is 79.9. The standard InChI is InChI=1S/C15H21BrN2O2/c1-10(17-2)12-7-6-11(16)9-14(12)20-13-5-3-4-8-18-15(13)19/h6-7,9-10,13,17H,3-5,8H2,1-2H3,(H,18,19). The van der Waals surface area contributed by atoms with Crippen molar-refractivity contribution in [1.82, 2.24) is 10.6 Å². The molecule has 20 heavy (non-hydrogen) atoms. The fourth-order valence-corrected chi connectivity index (χ4v) is 2.64. The van der Waals surface area contributed by atoms with Gasteiger partial charge in [-0.25, -0.2) is 0 Å². The predicted octanol–water partition coefficient (Wildman–Crippen LogP) is 2.78. The van der Waals surface area contributed by atoms with Crippen LogP contribution in [0.25, 0.3) is 0 Å². The molecule has 1 saturated heterocycles. The highest BCUT2D eigenvalue weighted by Crippen LogP contribution is 2.30. The molecule has 0 aliphatic carbocycles. The zero-order chi connectivity index (χ0) is 14.5. The van der Waals surface area contributed by atoms with E-state index in [4.69, 9.17) is 4.74 Å². The van der Waals surface area contributed by atoms with Gasteiger partial charge in [-0.2, -0.15) is 0 Å². The van der Waals surface area contributed by atoms with Gasteiger partial charge >= 0.3 is 0 Å². The Labute approximate surface area is 128 Å². The number of hydrogen-bond acceptors (Lipinski definition) is 3. The van der Waals surface area contributed by atoms with Gasteiger partial charge in [0.05, 0.1) is 0 Å². The molecule has 1 aliphatic heterocycles. The monoisotopic (exact) mass is 340 g/mol. The van der Waals surface area contributed by atoms with Gasteiger partial charge in [0, 0.05) is 22.6 Å². The number of halogens is 1. The summed E-state index contributed by atoms with van der Waals surface area (Å²) in [6.45, 7) is 2.82. The first-order valence-electron chi connectivity index (χ1n) is 7.03. The predicted molar refractivity (Wildman–Crippen MR) is 82.9 cm³/mol. The van der Waals surface area contributed by atoms with E-state index < -0.39 is 6.10 Å². The molecule has 5 heteroatoms. The van der Waals surface area contributed by atoms with Crippen molar-refractivity contribution in [3.05, 3.63) is 28.2 Å². The molecule has 0 aromatic heterocycles. The summed E-state index contributed by atoms with van der Waals surface area (Å²) in [7, 11) is 1.91. The van der Waals surface area contributed by atoms with E-state index in [1.54, 1.807) is 0 Å². The van der Waals surface area contributed by atoms with Gasteiger partial charge in [-0.1, -0.05) is 22.0 Å². The Morgan fingerprint density at radius 3 is 3.00 bits per heavy atom. The lowest BCUT2D eigenvalue weighted by molar-refractivity contribution is -0.127. The number of carbonyl (C=O) groups is 1. The molecule has 1 aliphatic rings. The lowest BCUT2D eigenvalue weighted by atomic mass is 10.1. The van der Waals surface area contributed by atoms with Crippen LogP contribution in [-0.4, -0.2) is 25.6 Å². The van der Waals surface area contributed by atoms with Gasteiger partial charge in [0.1, 0.15) is 5.75 Å². The highest BCUT2D eigenvalue weighted by molar-refractivity contribution is 9.10. The van der Waals surface area contributed by atoms with Crippen molar-refractivity contribution in [3.63, 3.8) is 0 Å². The van der Waals surface area contributed by atoms with Gasteiger partial charge in [0.2, 0.25) is 0 Å². The Bertz CT molecular complexity index is 479.